The number of carbonyl (C=O) groups is 1. The summed E-state index contributed by atoms with van der Waals surface area (Å²) in [6.45, 7) is 6.66. The van der Waals surface area contributed by atoms with Crippen molar-refractivity contribution in [3.63, 3.8) is 0 Å². The highest BCUT2D eigenvalue weighted by Crippen LogP contribution is 2.19. The highest BCUT2D eigenvalue weighted by Gasteiger charge is 2.19. The maximum atomic E-state index is 12.4. The zero-order chi connectivity index (χ0) is 16.7. The number of carbonyl (C=O) groups excluding carboxylic acids is 1. The summed E-state index contributed by atoms with van der Waals surface area (Å²) in [4.78, 5) is 12.4. The lowest BCUT2D eigenvalue weighted by atomic mass is 10.0. The zero-order valence-electron chi connectivity index (χ0n) is 14.1. The van der Waals surface area contributed by atoms with Crippen LogP contribution in [0.25, 0.3) is 0 Å². The van der Waals surface area contributed by atoms with Gasteiger partial charge in [-0.05, 0) is 36.5 Å². The summed E-state index contributed by atoms with van der Waals surface area (Å²) < 4.78 is 5.88. The highest BCUT2D eigenvalue weighted by atomic mass is 16.5. The van der Waals surface area contributed by atoms with Crippen LogP contribution in [0.5, 0.6) is 5.75 Å². The van der Waals surface area contributed by atoms with Gasteiger partial charge in [0.25, 0.3) is 5.91 Å². The maximum Gasteiger partial charge on any atom is 0.261 e. The summed E-state index contributed by atoms with van der Waals surface area (Å²) >= 11 is 0. The Morgan fingerprint density at radius 3 is 2.39 bits per heavy atom. The summed E-state index contributed by atoms with van der Waals surface area (Å²) in [5, 5.41) is 3.01. The van der Waals surface area contributed by atoms with Crippen LogP contribution in [0.3, 0.4) is 0 Å². The molecule has 0 aromatic heterocycles. The normalized spacial score (nSPS) is 13.2. The van der Waals surface area contributed by atoms with Crippen molar-refractivity contribution < 1.29 is 9.53 Å². The number of ether oxygens (including phenoxy) is 1. The molecule has 3 nitrogen and oxygen atoms in total. The Morgan fingerprint density at radius 2 is 1.74 bits per heavy atom. The number of amides is 1. The van der Waals surface area contributed by atoms with E-state index in [2.05, 4.69) is 24.4 Å². The van der Waals surface area contributed by atoms with Crippen molar-refractivity contribution in [2.24, 2.45) is 0 Å². The van der Waals surface area contributed by atoms with Crippen molar-refractivity contribution >= 4 is 5.91 Å². The molecule has 23 heavy (non-hydrogen) atoms. The lowest BCUT2D eigenvalue weighted by molar-refractivity contribution is -0.128. The third-order valence-electron chi connectivity index (χ3n) is 3.98. The van der Waals surface area contributed by atoms with Gasteiger partial charge in [-0.2, -0.15) is 0 Å². The minimum absolute atomic E-state index is 0.0569. The smallest absolute Gasteiger partial charge is 0.261 e. The van der Waals surface area contributed by atoms with Crippen LogP contribution in [0.15, 0.2) is 54.6 Å². The molecule has 0 unspecified atom stereocenters. The first-order valence-corrected chi connectivity index (χ1v) is 8.16. The Morgan fingerprint density at radius 1 is 1.09 bits per heavy atom. The molecule has 0 radical (unpaired) electrons. The van der Waals surface area contributed by atoms with Crippen LogP contribution < -0.4 is 10.1 Å². The summed E-state index contributed by atoms with van der Waals surface area (Å²) in [6, 6.07) is 18.0. The van der Waals surface area contributed by atoms with Crippen molar-refractivity contribution in [3.8, 4) is 5.75 Å². The SMILES string of the molecule is CC[C@H](Oc1ccccc1C)C(=O)NC[C@H](C)c1ccccc1. The second-order valence-electron chi connectivity index (χ2n) is 5.84. The Labute approximate surface area is 138 Å². The molecule has 1 N–H and O–H groups in total. The summed E-state index contributed by atoms with van der Waals surface area (Å²) in [5.74, 6) is 0.986. The van der Waals surface area contributed by atoms with Crippen LogP contribution in [0, 0.1) is 6.92 Å². The van der Waals surface area contributed by atoms with Gasteiger partial charge in [0.15, 0.2) is 6.10 Å². The first-order valence-electron chi connectivity index (χ1n) is 8.16. The molecule has 0 saturated heterocycles. The Bertz CT molecular complexity index is 625. The molecule has 3 heteroatoms. The molecule has 0 aliphatic heterocycles. The van der Waals surface area contributed by atoms with E-state index in [1.165, 1.54) is 5.56 Å². The van der Waals surface area contributed by atoms with Crippen LogP contribution in [0.1, 0.15) is 37.3 Å². The molecular formula is C20H25NO2. The molecular weight excluding hydrogens is 286 g/mol. The predicted octanol–water partition coefficient (Wildman–Crippen LogP) is 4.07. The standard InChI is InChI=1S/C20H25NO2/c1-4-18(23-19-13-9-8-10-15(19)2)20(22)21-14-16(3)17-11-6-5-7-12-17/h5-13,16,18H,4,14H2,1-3H3,(H,21,22)/t16-,18-/m0/s1. The Hall–Kier alpha value is -2.29. The Kier molecular flexibility index (Phi) is 6.21. The van der Waals surface area contributed by atoms with Crippen molar-refractivity contribution in [3.05, 3.63) is 65.7 Å². The average Bonchev–Trinajstić information content (AvgIpc) is 2.59. The topological polar surface area (TPSA) is 38.3 Å². The predicted molar refractivity (Wildman–Crippen MR) is 93.8 cm³/mol. The van der Waals surface area contributed by atoms with Crippen LogP contribution in [0.4, 0.5) is 0 Å². The van der Waals surface area contributed by atoms with Gasteiger partial charge >= 0.3 is 0 Å². The van der Waals surface area contributed by atoms with E-state index in [1.54, 1.807) is 0 Å². The van der Waals surface area contributed by atoms with Gasteiger partial charge in [-0.3, -0.25) is 4.79 Å². The van der Waals surface area contributed by atoms with E-state index >= 15 is 0 Å². The molecule has 0 aliphatic rings. The van der Waals surface area contributed by atoms with Crippen LogP contribution in [-0.4, -0.2) is 18.6 Å². The average molecular weight is 311 g/mol. The number of hydrogen-bond donors (Lipinski definition) is 1. The van der Waals surface area contributed by atoms with Crippen molar-refractivity contribution in [2.45, 2.75) is 39.2 Å². The molecule has 0 heterocycles. The molecule has 2 rings (SSSR count). The van der Waals surface area contributed by atoms with Gasteiger partial charge in [0.05, 0.1) is 0 Å². The summed E-state index contributed by atoms with van der Waals surface area (Å²) in [5.41, 5.74) is 2.26. The van der Waals surface area contributed by atoms with E-state index in [1.807, 2.05) is 56.3 Å². The fourth-order valence-corrected chi connectivity index (χ4v) is 2.43. The van der Waals surface area contributed by atoms with Crippen LogP contribution in [-0.2, 0) is 4.79 Å². The van der Waals surface area contributed by atoms with Crippen molar-refractivity contribution in [1.29, 1.82) is 0 Å². The lowest BCUT2D eigenvalue weighted by Crippen LogP contribution is -2.39. The van der Waals surface area contributed by atoms with Crippen LogP contribution in [0.2, 0.25) is 0 Å². The van der Waals surface area contributed by atoms with Gasteiger partial charge < -0.3 is 10.1 Å². The van der Waals surface area contributed by atoms with Crippen LogP contribution >= 0.6 is 0 Å². The summed E-state index contributed by atoms with van der Waals surface area (Å²) in [6.07, 6.45) is 0.180. The van der Waals surface area contributed by atoms with Gasteiger partial charge in [-0.25, -0.2) is 0 Å². The quantitative estimate of drug-likeness (QED) is 0.837. The largest absolute Gasteiger partial charge is 0.480 e. The maximum absolute atomic E-state index is 12.4. The third kappa shape index (κ3) is 4.85. The molecule has 2 atom stereocenters. The lowest BCUT2D eigenvalue weighted by Gasteiger charge is -2.20. The van der Waals surface area contributed by atoms with E-state index in [0.717, 1.165) is 11.3 Å². The van der Waals surface area contributed by atoms with Crippen molar-refractivity contribution in [1.82, 2.24) is 5.32 Å². The number of nitrogens with one attached hydrogen (secondary N) is 1. The van der Waals surface area contributed by atoms with Gasteiger partial charge in [0.2, 0.25) is 0 Å². The molecule has 0 saturated carbocycles. The zero-order valence-corrected chi connectivity index (χ0v) is 14.1. The van der Waals surface area contributed by atoms with Crippen molar-refractivity contribution in [2.75, 3.05) is 6.54 Å². The van der Waals surface area contributed by atoms with E-state index in [4.69, 9.17) is 4.74 Å². The minimum Gasteiger partial charge on any atom is -0.480 e. The van der Waals surface area contributed by atoms with Gasteiger partial charge in [0.1, 0.15) is 5.75 Å². The molecule has 0 spiro atoms. The third-order valence-corrected chi connectivity index (χ3v) is 3.98. The highest BCUT2D eigenvalue weighted by molar-refractivity contribution is 5.81. The van der Waals surface area contributed by atoms with E-state index in [-0.39, 0.29) is 11.8 Å². The Balaban J connectivity index is 1.91. The number of para-hydroxylation sites is 1. The number of benzene rings is 2. The molecule has 0 fully saturated rings. The fourth-order valence-electron chi connectivity index (χ4n) is 2.43. The van der Waals surface area contributed by atoms with E-state index in [9.17, 15) is 4.79 Å². The number of aryl methyl sites for hydroxylation is 1. The van der Waals surface area contributed by atoms with Gasteiger partial charge in [0, 0.05) is 6.54 Å². The molecule has 0 bridgehead atoms. The number of rotatable bonds is 7. The minimum atomic E-state index is -0.459. The van der Waals surface area contributed by atoms with Gasteiger partial charge in [-0.15, -0.1) is 0 Å². The molecule has 122 valence electrons. The van der Waals surface area contributed by atoms with E-state index < -0.39 is 6.10 Å². The second-order valence-corrected chi connectivity index (χ2v) is 5.84. The first-order chi connectivity index (χ1) is 11.1. The molecule has 2 aromatic rings. The molecule has 2 aromatic carbocycles. The summed E-state index contributed by atoms with van der Waals surface area (Å²) in [7, 11) is 0. The second kappa shape index (κ2) is 8.37. The van der Waals surface area contributed by atoms with Gasteiger partial charge in [-0.1, -0.05) is 62.4 Å². The monoisotopic (exact) mass is 311 g/mol. The first kappa shape index (κ1) is 17.1. The van der Waals surface area contributed by atoms with E-state index in [0.29, 0.717) is 13.0 Å². The molecule has 1 amide bonds. The fraction of sp³-hybridized carbons (Fsp3) is 0.350. The molecule has 0 aliphatic carbocycles. The number of hydrogen-bond acceptors (Lipinski definition) is 2.